The summed E-state index contributed by atoms with van der Waals surface area (Å²) < 4.78 is 2.11. The highest BCUT2D eigenvalue weighted by atomic mass is 15.3. The van der Waals surface area contributed by atoms with Crippen LogP contribution in [0.25, 0.3) is 0 Å². The minimum Gasteiger partial charge on any atom is -0.357 e. The molecule has 0 saturated carbocycles. The molecule has 29 heavy (non-hydrogen) atoms. The lowest BCUT2D eigenvalue weighted by atomic mass is 9.84. The van der Waals surface area contributed by atoms with Gasteiger partial charge in [0.15, 0.2) is 5.96 Å². The SMILES string of the molecule is CCNC(=NCC1(N2CCCCC2)CCN(C)CC1)NCCn1cnnc1CC. The molecule has 0 bridgehead atoms. The summed E-state index contributed by atoms with van der Waals surface area (Å²) in [4.78, 5) is 10.3. The van der Waals surface area contributed by atoms with Crippen LogP contribution in [0.4, 0.5) is 0 Å². The molecule has 8 heteroatoms. The van der Waals surface area contributed by atoms with E-state index in [9.17, 15) is 0 Å². The number of aryl methyl sites for hydroxylation is 1. The number of hydrogen-bond donors (Lipinski definition) is 2. The number of rotatable bonds is 8. The Morgan fingerprint density at radius 1 is 1.10 bits per heavy atom. The van der Waals surface area contributed by atoms with Crippen molar-refractivity contribution in [1.82, 2.24) is 35.2 Å². The average Bonchev–Trinajstić information content (AvgIpc) is 3.21. The monoisotopic (exact) mass is 404 g/mol. The number of likely N-dealkylation sites (tertiary alicyclic amines) is 2. The number of piperidine rings is 2. The first-order valence-electron chi connectivity index (χ1n) is 11.5. The molecule has 0 amide bonds. The molecule has 1 aromatic heterocycles. The summed E-state index contributed by atoms with van der Waals surface area (Å²) in [6, 6.07) is 0. The van der Waals surface area contributed by atoms with E-state index in [1.807, 2.05) is 6.33 Å². The highest BCUT2D eigenvalue weighted by molar-refractivity contribution is 5.79. The Hall–Kier alpha value is -1.67. The van der Waals surface area contributed by atoms with E-state index in [2.05, 4.69) is 56.1 Å². The molecule has 3 rings (SSSR count). The predicted molar refractivity (Wildman–Crippen MR) is 118 cm³/mol. The molecule has 2 N–H and O–H groups in total. The van der Waals surface area contributed by atoms with Gasteiger partial charge in [-0.2, -0.15) is 0 Å². The molecule has 2 saturated heterocycles. The summed E-state index contributed by atoms with van der Waals surface area (Å²) in [7, 11) is 2.24. The van der Waals surface area contributed by atoms with Crippen molar-refractivity contribution in [3.05, 3.63) is 12.2 Å². The van der Waals surface area contributed by atoms with Gasteiger partial charge in [-0.15, -0.1) is 10.2 Å². The van der Waals surface area contributed by atoms with E-state index in [1.165, 1.54) is 58.3 Å². The number of hydrogen-bond acceptors (Lipinski definition) is 5. The van der Waals surface area contributed by atoms with Crippen LogP contribution in [0.15, 0.2) is 11.3 Å². The maximum Gasteiger partial charge on any atom is 0.191 e. The van der Waals surface area contributed by atoms with Gasteiger partial charge in [0.2, 0.25) is 0 Å². The zero-order valence-electron chi connectivity index (χ0n) is 18.7. The van der Waals surface area contributed by atoms with Crippen LogP contribution in [0, 0.1) is 0 Å². The molecule has 1 aromatic rings. The van der Waals surface area contributed by atoms with Gasteiger partial charge in [-0.3, -0.25) is 9.89 Å². The van der Waals surface area contributed by atoms with E-state index in [1.54, 1.807) is 0 Å². The Balaban J connectivity index is 1.62. The first-order chi connectivity index (χ1) is 14.2. The van der Waals surface area contributed by atoms with Gasteiger partial charge < -0.3 is 20.1 Å². The molecule has 2 fully saturated rings. The van der Waals surface area contributed by atoms with E-state index in [-0.39, 0.29) is 5.54 Å². The highest BCUT2D eigenvalue weighted by Crippen LogP contribution is 2.31. The third kappa shape index (κ3) is 5.92. The molecule has 0 aliphatic carbocycles. The van der Waals surface area contributed by atoms with Crippen LogP contribution in [0.1, 0.15) is 51.8 Å². The lowest BCUT2D eigenvalue weighted by molar-refractivity contribution is 0.0208. The van der Waals surface area contributed by atoms with Gasteiger partial charge >= 0.3 is 0 Å². The molecule has 0 radical (unpaired) electrons. The van der Waals surface area contributed by atoms with Gasteiger partial charge in [0.05, 0.1) is 6.54 Å². The second kappa shape index (κ2) is 10.9. The molecule has 164 valence electrons. The van der Waals surface area contributed by atoms with Crippen LogP contribution in [0.3, 0.4) is 0 Å². The topological polar surface area (TPSA) is 73.6 Å². The summed E-state index contributed by atoms with van der Waals surface area (Å²) in [5.41, 5.74) is 0.221. The first-order valence-corrected chi connectivity index (χ1v) is 11.5. The Kier molecular flexibility index (Phi) is 8.29. The standard InChI is InChI=1S/C21H40N8/c1-4-19-26-25-18-28(19)16-11-23-20(22-5-2)24-17-21(9-14-27(3)15-10-21)29-12-7-6-8-13-29/h18H,4-17H2,1-3H3,(H2,22,23,24). The molecular weight excluding hydrogens is 364 g/mol. The molecule has 3 heterocycles. The van der Waals surface area contributed by atoms with Gasteiger partial charge in [-0.1, -0.05) is 13.3 Å². The highest BCUT2D eigenvalue weighted by Gasteiger charge is 2.39. The predicted octanol–water partition coefficient (Wildman–Crippen LogP) is 1.35. The van der Waals surface area contributed by atoms with Crippen LogP contribution in [-0.2, 0) is 13.0 Å². The van der Waals surface area contributed by atoms with Crippen LogP contribution >= 0.6 is 0 Å². The fraction of sp³-hybridized carbons (Fsp3) is 0.857. The van der Waals surface area contributed by atoms with Crippen LogP contribution in [0.5, 0.6) is 0 Å². The molecule has 0 atom stereocenters. The van der Waals surface area contributed by atoms with E-state index >= 15 is 0 Å². The normalized spacial score (nSPS) is 21.3. The van der Waals surface area contributed by atoms with Crippen molar-refractivity contribution < 1.29 is 0 Å². The fourth-order valence-electron chi connectivity index (χ4n) is 4.58. The van der Waals surface area contributed by atoms with E-state index in [0.717, 1.165) is 44.4 Å². The van der Waals surface area contributed by atoms with Gasteiger partial charge in [0.1, 0.15) is 12.2 Å². The van der Waals surface area contributed by atoms with Crippen molar-refractivity contribution in [1.29, 1.82) is 0 Å². The smallest absolute Gasteiger partial charge is 0.191 e. The molecule has 8 nitrogen and oxygen atoms in total. The van der Waals surface area contributed by atoms with Crippen molar-refractivity contribution in [2.75, 3.05) is 52.9 Å². The van der Waals surface area contributed by atoms with Gasteiger partial charge in [0, 0.05) is 31.6 Å². The number of nitrogens with one attached hydrogen (secondary N) is 2. The molecule has 0 spiro atoms. The van der Waals surface area contributed by atoms with Crippen molar-refractivity contribution in [2.45, 2.75) is 64.5 Å². The largest absolute Gasteiger partial charge is 0.357 e. The minimum atomic E-state index is 0.221. The Morgan fingerprint density at radius 3 is 2.55 bits per heavy atom. The minimum absolute atomic E-state index is 0.221. The quantitative estimate of drug-likeness (QED) is 0.503. The number of aliphatic imine (C=N–C) groups is 1. The summed E-state index contributed by atoms with van der Waals surface area (Å²) in [6.45, 7) is 12.5. The zero-order valence-corrected chi connectivity index (χ0v) is 18.7. The summed E-state index contributed by atoms with van der Waals surface area (Å²) >= 11 is 0. The number of aromatic nitrogens is 3. The molecular formula is C21H40N8. The molecule has 0 unspecified atom stereocenters. The van der Waals surface area contributed by atoms with Crippen LogP contribution < -0.4 is 10.6 Å². The van der Waals surface area contributed by atoms with Gasteiger partial charge in [0.25, 0.3) is 0 Å². The summed E-state index contributed by atoms with van der Waals surface area (Å²) in [5, 5.41) is 15.1. The zero-order chi connectivity index (χ0) is 20.5. The third-order valence-electron chi connectivity index (χ3n) is 6.48. The number of guanidine groups is 1. The summed E-state index contributed by atoms with van der Waals surface area (Å²) in [6.07, 6.45) is 9.19. The van der Waals surface area contributed by atoms with Crippen molar-refractivity contribution in [2.24, 2.45) is 4.99 Å². The average molecular weight is 405 g/mol. The van der Waals surface area contributed by atoms with Gasteiger partial charge in [-0.25, -0.2) is 0 Å². The summed E-state index contributed by atoms with van der Waals surface area (Å²) in [5.74, 6) is 1.96. The van der Waals surface area contributed by atoms with Crippen molar-refractivity contribution in [3.8, 4) is 0 Å². The first kappa shape index (κ1) is 22.0. The lowest BCUT2D eigenvalue weighted by Crippen LogP contribution is -2.58. The van der Waals surface area contributed by atoms with Gasteiger partial charge in [-0.05, 0) is 65.8 Å². The second-order valence-corrected chi connectivity index (χ2v) is 8.49. The number of nitrogens with zero attached hydrogens (tertiary/aromatic N) is 6. The van der Waals surface area contributed by atoms with Crippen LogP contribution in [0.2, 0.25) is 0 Å². The Morgan fingerprint density at radius 2 is 1.86 bits per heavy atom. The fourth-order valence-corrected chi connectivity index (χ4v) is 4.58. The van der Waals surface area contributed by atoms with E-state index in [0.29, 0.717) is 0 Å². The van der Waals surface area contributed by atoms with E-state index in [4.69, 9.17) is 4.99 Å². The molecule has 2 aliphatic rings. The maximum atomic E-state index is 5.06. The second-order valence-electron chi connectivity index (χ2n) is 8.49. The molecule has 0 aromatic carbocycles. The molecule has 2 aliphatic heterocycles. The maximum absolute atomic E-state index is 5.06. The van der Waals surface area contributed by atoms with Crippen molar-refractivity contribution >= 4 is 5.96 Å². The van der Waals surface area contributed by atoms with Crippen LogP contribution in [-0.4, -0.2) is 88.9 Å². The van der Waals surface area contributed by atoms with E-state index < -0.39 is 0 Å². The Labute approximate surface area is 176 Å². The third-order valence-corrected chi connectivity index (χ3v) is 6.48. The lowest BCUT2D eigenvalue weighted by Gasteiger charge is -2.49. The Bertz CT molecular complexity index is 626. The van der Waals surface area contributed by atoms with Crippen molar-refractivity contribution in [3.63, 3.8) is 0 Å².